The summed E-state index contributed by atoms with van der Waals surface area (Å²) in [6.45, 7) is 3.59. The lowest BCUT2D eigenvalue weighted by molar-refractivity contribution is -0.143. The first-order chi connectivity index (χ1) is 8.97. The summed E-state index contributed by atoms with van der Waals surface area (Å²) in [5.74, 6) is -1.28. The van der Waals surface area contributed by atoms with Crippen molar-refractivity contribution in [3.05, 3.63) is 35.9 Å². The van der Waals surface area contributed by atoms with Gasteiger partial charge in [0, 0.05) is 0 Å². The summed E-state index contributed by atoms with van der Waals surface area (Å²) in [6, 6.07) is 8.74. The Balaban J connectivity index is 2.14. The molecule has 0 saturated heterocycles. The Kier molecular flexibility index (Phi) is 3.60. The van der Waals surface area contributed by atoms with Gasteiger partial charge >= 0.3 is 5.97 Å². The molecule has 102 valence electrons. The van der Waals surface area contributed by atoms with Gasteiger partial charge in [-0.3, -0.25) is 4.79 Å². The van der Waals surface area contributed by atoms with Gasteiger partial charge in [-0.05, 0) is 24.3 Å². The predicted octanol–water partition coefficient (Wildman–Crippen LogP) is 1.94. The van der Waals surface area contributed by atoms with Gasteiger partial charge < -0.3 is 10.4 Å². The number of carbonyl (C=O) groups is 2. The Bertz CT molecular complexity index is 477. The molecule has 4 heteroatoms. The maximum atomic E-state index is 12.4. The van der Waals surface area contributed by atoms with Gasteiger partial charge in [-0.2, -0.15) is 0 Å². The van der Waals surface area contributed by atoms with Gasteiger partial charge in [0.25, 0.3) is 0 Å². The van der Waals surface area contributed by atoms with E-state index in [0.717, 1.165) is 18.4 Å². The van der Waals surface area contributed by atoms with Crippen LogP contribution >= 0.6 is 0 Å². The highest BCUT2D eigenvalue weighted by atomic mass is 16.4. The van der Waals surface area contributed by atoms with Crippen LogP contribution in [0, 0.1) is 5.92 Å². The van der Waals surface area contributed by atoms with Gasteiger partial charge in [0.2, 0.25) is 5.91 Å². The zero-order valence-electron chi connectivity index (χ0n) is 11.2. The van der Waals surface area contributed by atoms with Crippen molar-refractivity contribution < 1.29 is 14.7 Å². The molecule has 1 amide bonds. The summed E-state index contributed by atoms with van der Waals surface area (Å²) in [5.41, 5.74) is 0.463. The Hall–Kier alpha value is -1.84. The van der Waals surface area contributed by atoms with Gasteiger partial charge in [0.15, 0.2) is 0 Å². The summed E-state index contributed by atoms with van der Waals surface area (Å²) in [7, 11) is 0. The molecular weight excluding hydrogens is 242 g/mol. The number of aliphatic carboxylic acids is 1. The molecule has 4 nitrogen and oxygen atoms in total. The third-order valence-electron chi connectivity index (χ3n) is 3.73. The largest absolute Gasteiger partial charge is 0.480 e. The summed E-state index contributed by atoms with van der Waals surface area (Å²) in [5, 5.41) is 11.8. The first-order valence-electron chi connectivity index (χ1n) is 6.57. The van der Waals surface area contributed by atoms with Gasteiger partial charge in [-0.1, -0.05) is 44.2 Å². The summed E-state index contributed by atoms with van der Waals surface area (Å²) in [6.07, 6.45) is 1.57. The third-order valence-corrected chi connectivity index (χ3v) is 3.73. The Labute approximate surface area is 112 Å². The second-order valence-corrected chi connectivity index (χ2v) is 5.48. The van der Waals surface area contributed by atoms with E-state index < -0.39 is 17.4 Å². The highest BCUT2D eigenvalue weighted by Gasteiger charge is 2.51. The summed E-state index contributed by atoms with van der Waals surface area (Å²) >= 11 is 0. The average Bonchev–Trinajstić information content (AvgIpc) is 3.17. The van der Waals surface area contributed by atoms with Crippen molar-refractivity contribution in [1.82, 2.24) is 5.32 Å². The zero-order valence-corrected chi connectivity index (χ0v) is 11.2. The monoisotopic (exact) mass is 261 g/mol. The lowest BCUT2D eigenvalue weighted by atomic mass is 9.94. The van der Waals surface area contributed by atoms with Crippen molar-refractivity contribution in [2.24, 2.45) is 5.92 Å². The van der Waals surface area contributed by atoms with Crippen molar-refractivity contribution >= 4 is 11.9 Å². The summed E-state index contributed by atoms with van der Waals surface area (Å²) < 4.78 is 0. The smallest absolute Gasteiger partial charge is 0.326 e. The molecule has 19 heavy (non-hydrogen) atoms. The molecule has 0 spiro atoms. The highest BCUT2D eigenvalue weighted by Crippen LogP contribution is 2.48. The van der Waals surface area contributed by atoms with Gasteiger partial charge in [0.05, 0.1) is 5.41 Å². The molecule has 1 aromatic rings. The van der Waals surface area contributed by atoms with E-state index in [4.69, 9.17) is 5.11 Å². The second kappa shape index (κ2) is 5.03. The molecule has 1 aromatic carbocycles. The van der Waals surface area contributed by atoms with Crippen LogP contribution in [0.1, 0.15) is 32.3 Å². The molecule has 1 aliphatic rings. The van der Waals surface area contributed by atoms with Crippen LogP contribution in [0.3, 0.4) is 0 Å². The van der Waals surface area contributed by atoms with E-state index >= 15 is 0 Å². The quantitative estimate of drug-likeness (QED) is 0.851. The minimum absolute atomic E-state index is 0.131. The van der Waals surface area contributed by atoms with E-state index in [0.29, 0.717) is 0 Å². The number of carboxylic acids is 1. The van der Waals surface area contributed by atoms with Crippen LogP contribution < -0.4 is 5.32 Å². The maximum Gasteiger partial charge on any atom is 0.326 e. The molecular formula is C15H19NO3. The zero-order chi connectivity index (χ0) is 14.0. The number of rotatable bonds is 5. The lowest BCUT2D eigenvalue weighted by Crippen LogP contribution is -2.48. The van der Waals surface area contributed by atoms with Crippen LogP contribution in [0.25, 0.3) is 0 Å². The van der Waals surface area contributed by atoms with Crippen LogP contribution in [0.4, 0.5) is 0 Å². The van der Waals surface area contributed by atoms with E-state index in [9.17, 15) is 9.59 Å². The fourth-order valence-electron chi connectivity index (χ4n) is 2.32. The number of hydrogen-bond acceptors (Lipinski definition) is 2. The Morgan fingerprint density at radius 2 is 1.79 bits per heavy atom. The lowest BCUT2D eigenvalue weighted by Gasteiger charge is -2.22. The molecule has 0 aromatic heterocycles. The van der Waals surface area contributed by atoms with Crippen LogP contribution in [0.5, 0.6) is 0 Å². The van der Waals surface area contributed by atoms with Crippen molar-refractivity contribution in [3.8, 4) is 0 Å². The van der Waals surface area contributed by atoms with Crippen LogP contribution in [-0.2, 0) is 15.0 Å². The fraction of sp³-hybridized carbons (Fsp3) is 0.467. The molecule has 1 saturated carbocycles. The molecule has 2 rings (SSSR count). The second-order valence-electron chi connectivity index (χ2n) is 5.48. The van der Waals surface area contributed by atoms with E-state index in [1.807, 2.05) is 30.3 Å². The molecule has 2 N–H and O–H groups in total. The topological polar surface area (TPSA) is 66.4 Å². The average molecular weight is 261 g/mol. The highest BCUT2D eigenvalue weighted by molar-refractivity contribution is 5.94. The molecule has 0 radical (unpaired) electrons. The number of nitrogens with one attached hydrogen (secondary N) is 1. The normalized spacial score (nSPS) is 17.8. The molecule has 1 atom stereocenters. The molecule has 1 fully saturated rings. The first kappa shape index (κ1) is 13.6. The van der Waals surface area contributed by atoms with Crippen molar-refractivity contribution in [1.29, 1.82) is 0 Å². The molecule has 1 unspecified atom stereocenters. The van der Waals surface area contributed by atoms with Crippen molar-refractivity contribution in [2.75, 3.05) is 0 Å². The number of carboxylic acid groups (broad SMARTS) is 1. The number of benzene rings is 1. The number of hydrogen-bond donors (Lipinski definition) is 2. The predicted molar refractivity (Wildman–Crippen MR) is 71.8 cm³/mol. The third kappa shape index (κ3) is 2.62. The van der Waals surface area contributed by atoms with Crippen molar-refractivity contribution in [2.45, 2.75) is 38.1 Å². The first-order valence-corrected chi connectivity index (χ1v) is 6.57. The van der Waals surface area contributed by atoms with E-state index in [-0.39, 0.29) is 11.8 Å². The van der Waals surface area contributed by atoms with E-state index in [1.54, 1.807) is 13.8 Å². The molecule has 0 aliphatic heterocycles. The minimum atomic E-state index is -0.979. The SMILES string of the molecule is CC(C)C(NC(=O)C1(c2ccccc2)CC1)C(=O)O. The van der Waals surface area contributed by atoms with Gasteiger partial charge in [-0.15, -0.1) is 0 Å². The van der Waals surface area contributed by atoms with E-state index in [2.05, 4.69) is 5.32 Å². The minimum Gasteiger partial charge on any atom is -0.480 e. The Morgan fingerprint density at radius 1 is 1.21 bits per heavy atom. The maximum absolute atomic E-state index is 12.4. The standard InChI is InChI=1S/C15H19NO3/c1-10(2)12(13(17)18)16-14(19)15(8-9-15)11-6-4-3-5-7-11/h3-7,10,12H,8-9H2,1-2H3,(H,16,19)(H,17,18). The molecule has 0 bridgehead atoms. The number of carbonyl (C=O) groups excluding carboxylic acids is 1. The van der Waals surface area contributed by atoms with Crippen LogP contribution in [0.15, 0.2) is 30.3 Å². The van der Waals surface area contributed by atoms with Gasteiger partial charge in [-0.25, -0.2) is 4.79 Å². The van der Waals surface area contributed by atoms with Crippen molar-refractivity contribution in [3.63, 3.8) is 0 Å². The van der Waals surface area contributed by atoms with Gasteiger partial charge in [0.1, 0.15) is 6.04 Å². The van der Waals surface area contributed by atoms with Crippen LogP contribution in [0.2, 0.25) is 0 Å². The fourth-order valence-corrected chi connectivity index (χ4v) is 2.32. The molecule has 0 heterocycles. The molecule has 1 aliphatic carbocycles. The Morgan fingerprint density at radius 3 is 2.21 bits per heavy atom. The summed E-state index contributed by atoms with van der Waals surface area (Å²) in [4.78, 5) is 23.5. The van der Waals surface area contributed by atoms with Crippen LogP contribution in [-0.4, -0.2) is 23.0 Å². The number of amides is 1. The van der Waals surface area contributed by atoms with E-state index in [1.165, 1.54) is 0 Å².